The van der Waals surface area contributed by atoms with Crippen LogP contribution in [-0.4, -0.2) is 57.9 Å². The summed E-state index contributed by atoms with van der Waals surface area (Å²) in [4.78, 5) is 15.8. The van der Waals surface area contributed by atoms with E-state index in [1.54, 1.807) is 13.8 Å². The predicted molar refractivity (Wildman–Crippen MR) is 95.9 cm³/mol. The summed E-state index contributed by atoms with van der Waals surface area (Å²) >= 11 is 0. The molecule has 0 aliphatic carbocycles. The minimum atomic E-state index is -0.644. The Hall–Kier alpha value is -1.34. The summed E-state index contributed by atoms with van der Waals surface area (Å²) in [6, 6.07) is 0. The third-order valence-electron chi connectivity index (χ3n) is 4.10. The van der Waals surface area contributed by atoms with Crippen molar-refractivity contribution in [1.82, 2.24) is 10.6 Å². The molecule has 24 heavy (non-hydrogen) atoms. The maximum Gasteiger partial charge on any atom is 0.224 e. The summed E-state index contributed by atoms with van der Waals surface area (Å²) < 4.78 is 11.1. The molecule has 1 aliphatic heterocycles. The van der Waals surface area contributed by atoms with Crippen LogP contribution in [0.3, 0.4) is 0 Å². The van der Waals surface area contributed by atoms with Gasteiger partial charge in [0.05, 0.1) is 12.0 Å². The molecule has 7 nitrogen and oxygen atoms in total. The molecule has 0 saturated carbocycles. The number of nitrogens with two attached hydrogens (primary N) is 1. The van der Waals surface area contributed by atoms with Gasteiger partial charge >= 0.3 is 0 Å². The summed E-state index contributed by atoms with van der Waals surface area (Å²) in [6.45, 7) is 10.8. The fraction of sp³-hybridized carbons (Fsp3) is 0.882. The SMILES string of the molecule is CCNC(=NCC(C)(C)C(N)=O)NCCCOCC1CCOCC1. The molecular formula is C17H34N4O3. The summed E-state index contributed by atoms with van der Waals surface area (Å²) in [5.41, 5.74) is 4.73. The van der Waals surface area contributed by atoms with Gasteiger partial charge in [-0.25, -0.2) is 0 Å². The van der Waals surface area contributed by atoms with E-state index in [2.05, 4.69) is 15.6 Å². The molecule has 1 heterocycles. The van der Waals surface area contributed by atoms with Gasteiger partial charge in [-0.2, -0.15) is 0 Å². The first-order chi connectivity index (χ1) is 11.5. The molecule has 1 fully saturated rings. The highest BCUT2D eigenvalue weighted by Crippen LogP contribution is 2.15. The van der Waals surface area contributed by atoms with Crippen LogP contribution in [-0.2, 0) is 14.3 Å². The molecule has 1 rings (SSSR count). The third-order valence-corrected chi connectivity index (χ3v) is 4.10. The maximum atomic E-state index is 11.3. The normalized spacial score (nSPS) is 16.9. The van der Waals surface area contributed by atoms with Gasteiger partial charge in [0.1, 0.15) is 0 Å². The van der Waals surface area contributed by atoms with Crippen LogP contribution in [0.15, 0.2) is 4.99 Å². The Morgan fingerprint density at radius 1 is 1.33 bits per heavy atom. The van der Waals surface area contributed by atoms with Gasteiger partial charge in [-0.3, -0.25) is 9.79 Å². The van der Waals surface area contributed by atoms with Crippen molar-refractivity contribution in [2.24, 2.45) is 22.1 Å². The van der Waals surface area contributed by atoms with Crippen molar-refractivity contribution in [3.8, 4) is 0 Å². The van der Waals surface area contributed by atoms with Crippen LogP contribution in [0, 0.1) is 11.3 Å². The molecule has 7 heteroatoms. The average molecular weight is 342 g/mol. The highest BCUT2D eigenvalue weighted by molar-refractivity contribution is 5.82. The van der Waals surface area contributed by atoms with E-state index in [9.17, 15) is 4.79 Å². The Morgan fingerprint density at radius 2 is 2.04 bits per heavy atom. The molecule has 140 valence electrons. The third kappa shape index (κ3) is 8.49. The van der Waals surface area contributed by atoms with Crippen molar-refractivity contribution in [2.45, 2.75) is 40.0 Å². The number of nitrogens with one attached hydrogen (secondary N) is 2. The van der Waals surface area contributed by atoms with Gasteiger partial charge in [-0.1, -0.05) is 0 Å². The fourth-order valence-electron chi connectivity index (χ4n) is 2.24. The Morgan fingerprint density at radius 3 is 2.67 bits per heavy atom. The second kappa shape index (κ2) is 11.3. The molecule has 4 N–H and O–H groups in total. The number of nitrogens with zero attached hydrogens (tertiary/aromatic N) is 1. The van der Waals surface area contributed by atoms with Crippen molar-refractivity contribution in [3.05, 3.63) is 0 Å². The Kier molecular flexibility index (Phi) is 9.71. The average Bonchev–Trinajstić information content (AvgIpc) is 2.56. The molecule has 0 spiro atoms. The summed E-state index contributed by atoms with van der Waals surface area (Å²) in [5, 5.41) is 6.43. The molecule has 0 bridgehead atoms. The van der Waals surface area contributed by atoms with Crippen LogP contribution < -0.4 is 16.4 Å². The van der Waals surface area contributed by atoms with Crippen LogP contribution in [0.2, 0.25) is 0 Å². The Labute approximate surface area is 145 Å². The van der Waals surface area contributed by atoms with Crippen LogP contribution in [0.1, 0.15) is 40.0 Å². The number of guanidine groups is 1. The smallest absolute Gasteiger partial charge is 0.224 e. The molecule has 1 aliphatic rings. The predicted octanol–water partition coefficient (Wildman–Crippen LogP) is 0.886. The fourth-order valence-corrected chi connectivity index (χ4v) is 2.24. The van der Waals surface area contributed by atoms with E-state index in [1.165, 1.54) is 0 Å². The minimum absolute atomic E-state index is 0.344. The quantitative estimate of drug-likeness (QED) is 0.311. The molecular weight excluding hydrogens is 308 g/mol. The number of primary amides is 1. The molecule has 0 aromatic carbocycles. The number of ether oxygens (including phenoxy) is 2. The first-order valence-corrected chi connectivity index (χ1v) is 8.93. The van der Waals surface area contributed by atoms with Crippen LogP contribution in [0.4, 0.5) is 0 Å². The van der Waals surface area contributed by atoms with Gasteiger partial charge in [-0.05, 0) is 46.0 Å². The van der Waals surface area contributed by atoms with Crippen molar-refractivity contribution in [2.75, 3.05) is 46.1 Å². The number of rotatable bonds is 10. The number of carbonyl (C=O) groups excluding carboxylic acids is 1. The van der Waals surface area contributed by atoms with E-state index >= 15 is 0 Å². The molecule has 0 aromatic rings. The van der Waals surface area contributed by atoms with Gasteiger partial charge in [-0.15, -0.1) is 0 Å². The zero-order chi connectivity index (χ0) is 17.8. The Balaban J connectivity index is 2.19. The molecule has 0 unspecified atom stereocenters. The van der Waals surface area contributed by atoms with Gasteiger partial charge in [0.15, 0.2) is 5.96 Å². The lowest BCUT2D eigenvalue weighted by Crippen LogP contribution is -2.40. The maximum absolute atomic E-state index is 11.3. The van der Waals surface area contributed by atoms with Crippen LogP contribution >= 0.6 is 0 Å². The largest absolute Gasteiger partial charge is 0.381 e. The van der Waals surface area contributed by atoms with Gasteiger partial charge < -0.3 is 25.8 Å². The van der Waals surface area contributed by atoms with Crippen LogP contribution in [0.5, 0.6) is 0 Å². The zero-order valence-electron chi connectivity index (χ0n) is 15.4. The number of amides is 1. The molecule has 1 amide bonds. The van der Waals surface area contributed by atoms with Crippen molar-refractivity contribution in [1.29, 1.82) is 0 Å². The van der Waals surface area contributed by atoms with Crippen LogP contribution in [0.25, 0.3) is 0 Å². The molecule has 1 saturated heterocycles. The second-order valence-corrected chi connectivity index (χ2v) is 6.85. The highest BCUT2D eigenvalue weighted by Gasteiger charge is 2.24. The van der Waals surface area contributed by atoms with Crippen molar-refractivity contribution >= 4 is 11.9 Å². The van der Waals surface area contributed by atoms with E-state index in [4.69, 9.17) is 15.2 Å². The molecule has 0 aromatic heterocycles. The van der Waals surface area contributed by atoms with Gasteiger partial charge in [0.2, 0.25) is 5.91 Å². The number of hydrogen-bond donors (Lipinski definition) is 3. The lowest BCUT2D eigenvalue weighted by molar-refractivity contribution is -0.125. The highest BCUT2D eigenvalue weighted by atomic mass is 16.5. The van der Waals surface area contributed by atoms with E-state index < -0.39 is 5.41 Å². The number of carbonyl (C=O) groups is 1. The van der Waals surface area contributed by atoms with Gasteiger partial charge in [0, 0.05) is 39.5 Å². The Bertz CT molecular complexity index is 393. The number of hydrogen-bond acceptors (Lipinski definition) is 4. The van der Waals surface area contributed by atoms with Crippen molar-refractivity contribution < 1.29 is 14.3 Å². The lowest BCUT2D eigenvalue weighted by Gasteiger charge is -2.21. The summed E-state index contributed by atoms with van der Waals surface area (Å²) in [7, 11) is 0. The standard InChI is InChI=1S/C17H34N4O3/c1-4-19-16(21-13-17(2,3)15(18)22)20-8-5-9-24-12-14-6-10-23-11-7-14/h14H,4-13H2,1-3H3,(H2,18,22)(H2,19,20,21). The summed E-state index contributed by atoms with van der Waals surface area (Å²) in [5.74, 6) is 1.00. The monoisotopic (exact) mass is 342 g/mol. The molecule has 0 radical (unpaired) electrons. The first kappa shape index (κ1) is 20.7. The first-order valence-electron chi connectivity index (χ1n) is 8.93. The number of aliphatic imine (C=N–C) groups is 1. The van der Waals surface area contributed by atoms with E-state index in [1.807, 2.05) is 6.92 Å². The summed E-state index contributed by atoms with van der Waals surface area (Å²) in [6.07, 6.45) is 3.11. The topological polar surface area (TPSA) is 98.0 Å². The lowest BCUT2D eigenvalue weighted by atomic mass is 9.93. The second-order valence-electron chi connectivity index (χ2n) is 6.85. The van der Waals surface area contributed by atoms with E-state index in [-0.39, 0.29) is 5.91 Å². The van der Waals surface area contributed by atoms with E-state index in [0.717, 1.165) is 58.8 Å². The van der Waals surface area contributed by atoms with E-state index in [0.29, 0.717) is 18.4 Å². The van der Waals surface area contributed by atoms with Crippen molar-refractivity contribution in [3.63, 3.8) is 0 Å². The van der Waals surface area contributed by atoms with Gasteiger partial charge in [0.25, 0.3) is 0 Å². The molecule has 0 atom stereocenters. The minimum Gasteiger partial charge on any atom is -0.381 e. The zero-order valence-corrected chi connectivity index (χ0v) is 15.4.